The van der Waals surface area contributed by atoms with Gasteiger partial charge in [-0.3, -0.25) is 0 Å². The van der Waals surface area contributed by atoms with Crippen molar-refractivity contribution in [2.75, 3.05) is 12.4 Å². The van der Waals surface area contributed by atoms with Crippen LogP contribution in [0.2, 0.25) is 0 Å². The van der Waals surface area contributed by atoms with Crippen LogP contribution in [0.3, 0.4) is 0 Å². The van der Waals surface area contributed by atoms with Crippen molar-refractivity contribution in [2.24, 2.45) is 0 Å². The van der Waals surface area contributed by atoms with Gasteiger partial charge < -0.3 is 10.1 Å². The van der Waals surface area contributed by atoms with E-state index < -0.39 is 0 Å². The number of hydrogen-bond donors (Lipinski definition) is 1. The molecule has 1 N–H and O–H groups in total. The first-order valence-corrected chi connectivity index (χ1v) is 5.90. The molecule has 0 bridgehead atoms. The average molecular weight is 243 g/mol. The Kier molecular flexibility index (Phi) is 3.77. The second-order valence-electron chi connectivity index (χ2n) is 4.07. The van der Waals surface area contributed by atoms with Crippen molar-refractivity contribution in [1.29, 1.82) is 0 Å². The Hall–Kier alpha value is -2.10. The van der Waals surface area contributed by atoms with E-state index in [1.807, 2.05) is 51.2 Å². The van der Waals surface area contributed by atoms with Crippen LogP contribution >= 0.6 is 0 Å². The summed E-state index contributed by atoms with van der Waals surface area (Å²) in [6.45, 7) is 4.32. The van der Waals surface area contributed by atoms with Crippen LogP contribution in [-0.4, -0.2) is 17.0 Å². The Labute approximate surface area is 107 Å². The molecule has 94 valence electrons. The van der Waals surface area contributed by atoms with Crippen LogP contribution in [0.1, 0.15) is 17.0 Å². The summed E-state index contributed by atoms with van der Waals surface area (Å²) in [6, 6.07) is 10.0. The summed E-state index contributed by atoms with van der Waals surface area (Å²) in [5.41, 5.74) is 2.05. The van der Waals surface area contributed by atoms with Crippen LogP contribution in [0.25, 0.3) is 0 Å². The zero-order chi connectivity index (χ0) is 13.0. The first kappa shape index (κ1) is 12.4. The van der Waals surface area contributed by atoms with Gasteiger partial charge in [-0.05, 0) is 19.4 Å². The second kappa shape index (κ2) is 5.49. The first-order chi connectivity index (χ1) is 8.70. The average Bonchev–Trinajstić information content (AvgIpc) is 2.40. The van der Waals surface area contributed by atoms with Crippen LogP contribution in [0.5, 0.6) is 5.88 Å². The Morgan fingerprint density at radius 1 is 1.11 bits per heavy atom. The number of hydrogen-bond acceptors (Lipinski definition) is 4. The van der Waals surface area contributed by atoms with Gasteiger partial charge in [0.25, 0.3) is 0 Å². The minimum Gasteiger partial charge on any atom is -0.472 e. The molecule has 1 heterocycles. The zero-order valence-corrected chi connectivity index (χ0v) is 10.9. The van der Waals surface area contributed by atoms with Crippen LogP contribution in [-0.2, 0) is 6.61 Å². The lowest BCUT2D eigenvalue weighted by Crippen LogP contribution is -2.05. The van der Waals surface area contributed by atoms with Gasteiger partial charge in [0.1, 0.15) is 18.2 Å². The van der Waals surface area contributed by atoms with E-state index >= 15 is 0 Å². The van der Waals surface area contributed by atoms with Crippen molar-refractivity contribution >= 4 is 5.82 Å². The van der Waals surface area contributed by atoms with E-state index in [1.165, 1.54) is 0 Å². The van der Waals surface area contributed by atoms with E-state index in [9.17, 15) is 0 Å². The van der Waals surface area contributed by atoms with Crippen LogP contribution in [0.15, 0.2) is 30.3 Å². The Morgan fingerprint density at radius 3 is 2.50 bits per heavy atom. The highest BCUT2D eigenvalue weighted by atomic mass is 16.5. The molecule has 0 unspecified atom stereocenters. The van der Waals surface area contributed by atoms with Gasteiger partial charge in [-0.25, -0.2) is 4.98 Å². The molecular formula is C14H17N3O. The third kappa shape index (κ3) is 2.77. The van der Waals surface area contributed by atoms with Gasteiger partial charge in [-0.2, -0.15) is 4.98 Å². The summed E-state index contributed by atoms with van der Waals surface area (Å²) >= 11 is 0. The monoisotopic (exact) mass is 243 g/mol. The number of aromatic nitrogens is 2. The maximum absolute atomic E-state index is 5.76. The molecule has 18 heavy (non-hydrogen) atoms. The molecule has 0 atom stereocenters. The summed E-state index contributed by atoms with van der Waals surface area (Å²) in [4.78, 5) is 8.63. The maximum atomic E-state index is 5.76. The molecular weight excluding hydrogens is 226 g/mol. The van der Waals surface area contributed by atoms with Gasteiger partial charge in [-0.1, -0.05) is 30.3 Å². The molecule has 0 aliphatic rings. The summed E-state index contributed by atoms with van der Waals surface area (Å²) in [5, 5.41) is 3.04. The molecule has 2 rings (SSSR count). The van der Waals surface area contributed by atoms with E-state index in [0.29, 0.717) is 18.3 Å². The quantitative estimate of drug-likeness (QED) is 0.897. The molecule has 2 aromatic rings. The predicted molar refractivity (Wildman–Crippen MR) is 71.8 cm³/mol. The molecule has 4 nitrogen and oxygen atoms in total. The van der Waals surface area contributed by atoms with Crippen LogP contribution < -0.4 is 10.1 Å². The molecule has 0 spiro atoms. The Bertz CT molecular complexity index is 526. The molecule has 0 radical (unpaired) electrons. The largest absolute Gasteiger partial charge is 0.472 e. The number of nitrogens with one attached hydrogen (secondary N) is 1. The Morgan fingerprint density at radius 2 is 1.83 bits per heavy atom. The number of ether oxygens (including phenoxy) is 1. The lowest BCUT2D eigenvalue weighted by atomic mass is 10.2. The van der Waals surface area contributed by atoms with Gasteiger partial charge in [0.2, 0.25) is 5.88 Å². The standard InChI is InChI=1S/C14H17N3O/c1-10-13(15-3)16-11(2)17-14(10)18-9-12-7-5-4-6-8-12/h4-8H,9H2,1-3H3,(H,15,16,17). The van der Waals surface area contributed by atoms with Crippen molar-refractivity contribution in [3.63, 3.8) is 0 Å². The fourth-order valence-electron chi connectivity index (χ4n) is 1.71. The minimum absolute atomic E-state index is 0.515. The number of aryl methyl sites for hydroxylation is 1. The van der Waals surface area contributed by atoms with Crippen LogP contribution in [0.4, 0.5) is 5.82 Å². The Balaban J connectivity index is 2.17. The zero-order valence-electron chi connectivity index (χ0n) is 10.9. The third-order valence-electron chi connectivity index (χ3n) is 2.67. The summed E-state index contributed by atoms with van der Waals surface area (Å²) in [6.07, 6.45) is 0. The molecule has 0 saturated carbocycles. The topological polar surface area (TPSA) is 47.0 Å². The number of anilines is 1. The smallest absolute Gasteiger partial charge is 0.222 e. The lowest BCUT2D eigenvalue weighted by molar-refractivity contribution is 0.290. The highest BCUT2D eigenvalue weighted by molar-refractivity contribution is 5.47. The van der Waals surface area contributed by atoms with Crippen molar-refractivity contribution in [2.45, 2.75) is 20.5 Å². The van der Waals surface area contributed by atoms with Crippen molar-refractivity contribution in [3.05, 3.63) is 47.3 Å². The van der Waals surface area contributed by atoms with Crippen molar-refractivity contribution < 1.29 is 4.74 Å². The fourth-order valence-corrected chi connectivity index (χ4v) is 1.71. The molecule has 0 fully saturated rings. The van der Waals surface area contributed by atoms with Gasteiger partial charge >= 0.3 is 0 Å². The number of benzene rings is 1. The first-order valence-electron chi connectivity index (χ1n) is 5.90. The highest BCUT2D eigenvalue weighted by Gasteiger charge is 2.09. The minimum atomic E-state index is 0.515. The van der Waals surface area contributed by atoms with E-state index in [4.69, 9.17) is 4.74 Å². The van der Waals surface area contributed by atoms with E-state index in [2.05, 4.69) is 15.3 Å². The SMILES string of the molecule is CNc1nc(C)nc(OCc2ccccc2)c1C. The van der Waals surface area contributed by atoms with Gasteiger partial charge in [-0.15, -0.1) is 0 Å². The second-order valence-corrected chi connectivity index (χ2v) is 4.07. The van der Waals surface area contributed by atoms with Gasteiger partial charge in [0.05, 0.1) is 5.56 Å². The van der Waals surface area contributed by atoms with E-state index in [-0.39, 0.29) is 0 Å². The van der Waals surface area contributed by atoms with Crippen molar-refractivity contribution in [3.8, 4) is 5.88 Å². The van der Waals surface area contributed by atoms with Gasteiger partial charge in [0.15, 0.2) is 0 Å². The van der Waals surface area contributed by atoms with E-state index in [0.717, 1.165) is 16.9 Å². The fraction of sp³-hybridized carbons (Fsp3) is 0.286. The molecule has 0 amide bonds. The van der Waals surface area contributed by atoms with Crippen LogP contribution in [0, 0.1) is 13.8 Å². The molecule has 0 saturated heterocycles. The lowest BCUT2D eigenvalue weighted by Gasteiger charge is -2.11. The highest BCUT2D eigenvalue weighted by Crippen LogP contribution is 2.22. The predicted octanol–water partition coefficient (Wildman–Crippen LogP) is 2.71. The van der Waals surface area contributed by atoms with E-state index in [1.54, 1.807) is 0 Å². The maximum Gasteiger partial charge on any atom is 0.222 e. The molecule has 4 heteroatoms. The molecule has 0 aliphatic heterocycles. The molecule has 1 aromatic heterocycles. The number of rotatable bonds is 4. The molecule has 1 aromatic carbocycles. The summed E-state index contributed by atoms with van der Waals surface area (Å²) < 4.78 is 5.76. The van der Waals surface area contributed by atoms with Crippen molar-refractivity contribution in [1.82, 2.24) is 9.97 Å². The number of nitrogens with zero attached hydrogens (tertiary/aromatic N) is 2. The summed E-state index contributed by atoms with van der Waals surface area (Å²) in [7, 11) is 1.84. The summed E-state index contributed by atoms with van der Waals surface area (Å²) in [5.74, 6) is 2.15. The third-order valence-corrected chi connectivity index (χ3v) is 2.67. The molecule has 0 aliphatic carbocycles. The van der Waals surface area contributed by atoms with Gasteiger partial charge in [0, 0.05) is 7.05 Å². The normalized spacial score (nSPS) is 10.2.